The maximum Gasteiger partial charge on any atom is 0.335 e. The van der Waals surface area contributed by atoms with Crippen LogP contribution in [-0.2, 0) is 20.9 Å². The molecule has 1 saturated heterocycles. The van der Waals surface area contributed by atoms with Crippen molar-refractivity contribution in [3.63, 3.8) is 0 Å². The van der Waals surface area contributed by atoms with E-state index in [1.54, 1.807) is 12.1 Å². The lowest BCUT2D eigenvalue weighted by Crippen LogP contribution is -2.28. The standard InChI is InChI=1S/C20H15FN2O5S/c1-28-17(24)10-16-18(25)23(11-12-2-6-14(21)7-3-12)20(29-16)22-15-8-4-13(5-9-15)19(26)27/h2-10H,11H2,1H3,(H,26,27). The fourth-order valence-electron chi connectivity index (χ4n) is 2.46. The van der Waals surface area contributed by atoms with Crippen LogP contribution >= 0.6 is 11.8 Å². The molecular formula is C20H15FN2O5S. The first kappa shape index (κ1) is 20.3. The molecule has 1 fully saturated rings. The lowest BCUT2D eigenvalue weighted by molar-refractivity contribution is -0.135. The van der Waals surface area contributed by atoms with Crippen molar-refractivity contribution < 1.29 is 28.6 Å². The second kappa shape index (κ2) is 8.70. The molecule has 7 nitrogen and oxygen atoms in total. The van der Waals surface area contributed by atoms with Crippen molar-refractivity contribution in [2.75, 3.05) is 7.11 Å². The van der Waals surface area contributed by atoms with Gasteiger partial charge in [0, 0.05) is 6.08 Å². The largest absolute Gasteiger partial charge is 0.478 e. The summed E-state index contributed by atoms with van der Waals surface area (Å²) in [6.07, 6.45) is 1.08. The zero-order valence-corrected chi connectivity index (χ0v) is 16.0. The molecule has 1 N–H and O–H groups in total. The van der Waals surface area contributed by atoms with Crippen LogP contribution in [0.15, 0.2) is 64.5 Å². The van der Waals surface area contributed by atoms with E-state index in [4.69, 9.17) is 5.11 Å². The van der Waals surface area contributed by atoms with E-state index in [2.05, 4.69) is 9.73 Å². The van der Waals surface area contributed by atoms with Gasteiger partial charge in [-0.05, 0) is 53.7 Å². The Morgan fingerprint density at radius 2 is 1.83 bits per heavy atom. The van der Waals surface area contributed by atoms with Crippen LogP contribution < -0.4 is 0 Å². The molecule has 1 amide bonds. The van der Waals surface area contributed by atoms with Gasteiger partial charge in [-0.3, -0.25) is 9.69 Å². The molecule has 0 bridgehead atoms. The van der Waals surface area contributed by atoms with Crippen molar-refractivity contribution in [2.45, 2.75) is 6.54 Å². The minimum Gasteiger partial charge on any atom is -0.478 e. The van der Waals surface area contributed by atoms with Crippen LogP contribution in [0.5, 0.6) is 0 Å². The van der Waals surface area contributed by atoms with Gasteiger partial charge in [0.2, 0.25) is 0 Å². The molecule has 0 saturated carbocycles. The first-order valence-electron chi connectivity index (χ1n) is 8.33. The molecule has 29 heavy (non-hydrogen) atoms. The zero-order valence-electron chi connectivity index (χ0n) is 15.2. The number of thioether (sulfide) groups is 1. The molecule has 0 radical (unpaired) electrons. The highest BCUT2D eigenvalue weighted by molar-refractivity contribution is 8.18. The number of aliphatic imine (C=N–C) groups is 1. The summed E-state index contributed by atoms with van der Waals surface area (Å²) in [7, 11) is 1.21. The van der Waals surface area contributed by atoms with Gasteiger partial charge in [0.1, 0.15) is 5.82 Å². The highest BCUT2D eigenvalue weighted by atomic mass is 32.2. The van der Waals surface area contributed by atoms with Crippen molar-refractivity contribution >= 4 is 40.5 Å². The van der Waals surface area contributed by atoms with Gasteiger partial charge in [-0.1, -0.05) is 12.1 Å². The summed E-state index contributed by atoms with van der Waals surface area (Å²) in [4.78, 5) is 41.2. The van der Waals surface area contributed by atoms with Crippen LogP contribution in [0.1, 0.15) is 15.9 Å². The number of methoxy groups -OCH3 is 1. The van der Waals surface area contributed by atoms with E-state index in [-0.39, 0.29) is 17.0 Å². The van der Waals surface area contributed by atoms with Crippen LogP contribution in [-0.4, -0.2) is 40.1 Å². The molecule has 0 unspecified atom stereocenters. The van der Waals surface area contributed by atoms with E-state index >= 15 is 0 Å². The van der Waals surface area contributed by atoms with Gasteiger partial charge in [0.05, 0.1) is 29.8 Å². The molecule has 1 heterocycles. The number of carbonyl (C=O) groups excluding carboxylic acids is 2. The van der Waals surface area contributed by atoms with Crippen LogP contribution in [0.2, 0.25) is 0 Å². The normalized spacial score (nSPS) is 16.5. The number of amidine groups is 1. The second-order valence-electron chi connectivity index (χ2n) is 5.90. The van der Waals surface area contributed by atoms with Crippen LogP contribution in [0.3, 0.4) is 0 Å². The van der Waals surface area contributed by atoms with Crippen molar-refractivity contribution in [1.82, 2.24) is 4.90 Å². The van der Waals surface area contributed by atoms with Gasteiger partial charge in [-0.15, -0.1) is 0 Å². The summed E-state index contributed by atoms with van der Waals surface area (Å²) in [5.41, 5.74) is 1.22. The summed E-state index contributed by atoms with van der Waals surface area (Å²) in [6.45, 7) is 0.122. The van der Waals surface area contributed by atoms with Gasteiger partial charge in [0.15, 0.2) is 5.17 Å². The molecule has 2 aromatic rings. The molecular weight excluding hydrogens is 399 g/mol. The molecule has 3 rings (SSSR count). The first-order valence-corrected chi connectivity index (χ1v) is 9.15. The predicted molar refractivity (Wildman–Crippen MR) is 105 cm³/mol. The number of halogens is 1. The van der Waals surface area contributed by atoms with E-state index in [1.807, 2.05) is 0 Å². The fraction of sp³-hybridized carbons (Fsp3) is 0.100. The van der Waals surface area contributed by atoms with Gasteiger partial charge in [-0.2, -0.15) is 0 Å². The summed E-state index contributed by atoms with van der Waals surface area (Å²) in [6, 6.07) is 11.5. The summed E-state index contributed by atoms with van der Waals surface area (Å²) in [5, 5.41) is 9.29. The highest BCUT2D eigenvalue weighted by Gasteiger charge is 2.34. The van der Waals surface area contributed by atoms with Crippen LogP contribution in [0.25, 0.3) is 0 Å². The third-order valence-electron chi connectivity index (χ3n) is 3.93. The average molecular weight is 414 g/mol. The van der Waals surface area contributed by atoms with Crippen molar-refractivity contribution in [3.05, 3.63) is 76.5 Å². The zero-order chi connectivity index (χ0) is 21.0. The Kier molecular flexibility index (Phi) is 6.08. The number of carboxylic acid groups (broad SMARTS) is 1. The summed E-state index contributed by atoms with van der Waals surface area (Å²) in [5.74, 6) is -2.56. The number of rotatable bonds is 5. The Bertz CT molecular complexity index is 1020. The topological polar surface area (TPSA) is 96.3 Å². The Morgan fingerprint density at radius 3 is 2.41 bits per heavy atom. The number of carbonyl (C=O) groups is 3. The van der Waals surface area contributed by atoms with E-state index in [0.717, 1.165) is 17.8 Å². The molecule has 148 valence electrons. The third-order valence-corrected chi connectivity index (χ3v) is 4.94. The number of nitrogens with zero attached hydrogens (tertiary/aromatic N) is 2. The number of benzene rings is 2. The van der Waals surface area contributed by atoms with Gasteiger partial charge in [0.25, 0.3) is 5.91 Å². The Balaban J connectivity index is 1.94. The molecule has 0 aromatic heterocycles. The quantitative estimate of drug-likeness (QED) is 0.595. The summed E-state index contributed by atoms with van der Waals surface area (Å²) < 4.78 is 17.7. The molecule has 1 aliphatic heterocycles. The Labute approximate surface area is 169 Å². The predicted octanol–water partition coefficient (Wildman–Crippen LogP) is 3.34. The minimum atomic E-state index is -1.06. The van der Waals surface area contributed by atoms with E-state index in [1.165, 1.54) is 48.4 Å². The number of hydrogen-bond donors (Lipinski definition) is 1. The lowest BCUT2D eigenvalue weighted by Gasteiger charge is -2.15. The fourth-order valence-corrected chi connectivity index (χ4v) is 3.42. The average Bonchev–Trinajstić information content (AvgIpc) is 2.98. The number of carboxylic acids is 1. The smallest absolute Gasteiger partial charge is 0.335 e. The monoisotopic (exact) mass is 414 g/mol. The molecule has 0 aliphatic carbocycles. The molecule has 1 aliphatic rings. The maximum atomic E-state index is 13.2. The number of aromatic carboxylic acids is 1. The number of amides is 1. The van der Waals surface area contributed by atoms with Crippen molar-refractivity contribution in [1.29, 1.82) is 0 Å². The van der Waals surface area contributed by atoms with Crippen LogP contribution in [0, 0.1) is 5.82 Å². The lowest BCUT2D eigenvalue weighted by atomic mass is 10.2. The number of ether oxygens (including phenoxy) is 1. The first-order chi connectivity index (χ1) is 13.9. The third kappa shape index (κ3) is 4.88. The van der Waals surface area contributed by atoms with Gasteiger partial charge < -0.3 is 9.84 Å². The van der Waals surface area contributed by atoms with E-state index < -0.39 is 23.7 Å². The van der Waals surface area contributed by atoms with E-state index in [9.17, 15) is 18.8 Å². The van der Waals surface area contributed by atoms with Crippen molar-refractivity contribution in [2.24, 2.45) is 4.99 Å². The van der Waals surface area contributed by atoms with Crippen LogP contribution in [0.4, 0.5) is 10.1 Å². The molecule has 0 atom stereocenters. The van der Waals surface area contributed by atoms with Gasteiger partial charge >= 0.3 is 11.9 Å². The van der Waals surface area contributed by atoms with E-state index in [0.29, 0.717) is 16.4 Å². The number of hydrogen-bond acceptors (Lipinski definition) is 6. The second-order valence-corrected chi connectivity index (χ2v) is 6.91. The van der Waals surface area contributed by atoms with Crippen molar-refractivity contribution in [3.8, 4) is 0 Å². The SMILES string of the molecule is COC(=O)C=C1SC(=Nc2ccc(C(=O)O)cc2)N(Cc2ccc(F)cc2)C1=O. The molecule has 9 heteroatoms. The minimum absolute atomic E-state index is 0.110. The summed E-state index contributed by atoms with van der Waals surface area (Å²) >= 11 is 0.995. The molecule has 0 spiro atoms. The van der Waals surface area contributed by atoms with Gasteiger partial charge in [-0.25, -0.2) is 19.0 Å². The molecule has 2 aromatic carbocycles. The Hall–Kier alpha value is -3.46. The Morgan fingerprint density at radius 1 is 1.17 bits per heavy atom. The number of esters is 1. The maximum absolute atomic E-state index is 13.2. The highest BCUT2D eigenvalue weighted by Crippen LogP contribution is 2.34.